The van der Waals surface area contributed by atoms with Crippen LogP contribution in [0.1, 0.15) is 10.4 Å². The van der Waals surface area contributed by atoms with E-state index in [2.05, 4.69) is 22.6 Å². The number of rotatable bonds is 4. The second-order valence-electron chi connectivity index (χ2n) is 3.91. The molecule has 0 saturated carbocycles. The Balaban J connectivity index is 2.12. The molecule has 0 fully saturated rings. The summed E-state index contributed by atoms with van der Waals surface area (Å²) in [5, 5.41) is 0. The van der Waals surface area contributed by atoms with Gasteiger partial charge in [-0.25, -0.2) is 4.79 Å². The monoisotopic (exact) mass is 384 g/mol. The van der Waals surface area contributed by atoms with Gasteiger partial charge in [0.25, 0.3) is 0 Å². The van der Waals surface area contributed by atoms with Crippen molar-refractivity contribution in [2.75, 3.05) is 14.2 Å². The summed E-state index contributed by atoms with van der Waals surface area (Å²) in [7, 11) is 3.17. The molecular weight excluding hydrogens is 371 g/mol. The molecule has 5 heteroatoms. The molecule has 104 valence electrons. The summed E-state index contributed by atoms with van der Waals surface area (Å²) < 4.78 is 16.3. The lowest BCUT2D eigenvalue weighted by atomic mass is 10.2. The van der Waals surface area contributed by atoms with Gasteiger partial charge < -0.3 is 14.2 Å². The highest BCUT2D eigenvalue weighted by molar-refractivity contribution is 14.1. The Labute approximate surface area is 130 Å². The van der Waals surface area contributed by atoms with E-state index in [0.717, 1.165) is 9.32 Å². The number of methoxy groups -OCH3 is 2. The van der Waals surface area contributed by atoms with Gasteiger partial charge in [-0.1, -0.05) is 0 Å². The second-order valence-corrected chi connectivity index (χ2v) is 5.08. The van der Waals surface area contributed by atoms with Crippen molar-refractivity contribution in [3.05, 3.63) is 51.6 Å². The van der Waals surface area contributed by atoms with Gasteiger partial charge in [0.1, 0.15) is 17.2 Å². The van der Waals surface area contributed by atoms with E-state index in [1.54, 1.807) is 56.7 Å². The molecule has 4 nitrogen and oxygen atoms in total. The van der Waals surface area contributed by atoms with Gasteiger partial charge in [0.05, 0.1) is 23.4 Å². The van der Waals surface area contributed by atoms with Gasteiger partial charge in [0, 0.05) is 0 Å². The van der Waals surface area contributed by atoms with Crippen LogP contribution in [0.25, 0.3) is 0 Å². The van der Waals surface area contributed by atoms with E-state index in [1.165, 1.54) is 0 Å². The van der Waals surface area contributed by atoms with Gasteiger partial charge in [-0.2, -0.15) is 0 Å². The van der Waals surface area contributed by atoms with Gasteiger partial charge in [0.2, 0.25) is 0 Å². The Bertz CT molecular complexity index is 608. The minimum atomic E-state index is -0.407. The summed E-state index contributed by atoms with van der Waals surface area (Å²) in [5.41, 5.74) is 0.478. The Morgan fingerprint density at radius 2 is 1.60 bits per heavy atom. The molecule has 0 aromatic heterocycles. The van der Waals surface area contributed by atoms with Crippen LogP contribution in [0, 0.1) is 3.57 Å². The lowest BCUT2D eigenvalue weighted by molar-refractivity contribution is 0.0734. The summed E-state index contributed by atoms with van der Waals surface area (Å²) in [6.07, 6.45) is 0. The van der Waals surface area contributed by atoms with Crippen LogP contribution in [-0.2, 0) is 0 Å². The predicted octanol–water partition coefficient (Wildman–Crippen LogP) is 3.53. The van der Waals surface area contributed by atoms with E-state index in [1.807, 2.05) is 0 Å². The number of ether oxygens (including phenoxy) is 3. The summed E-state index contributed by atoms with van der Waals surface area (Å²) in [5.74, 6) is 1.51. The van der Waals surface area contributed by atoms with Crippen molar-refractivity contribution in [1.29, 1.82) is 0 Å². The Kier molecular flexibility index (Phi) is 4.84. The zero-order chi connectivity index (χ0) is 14.5. The third-order valence-electron chi connectivity index (χ3n) is 2.66. The average molecular weight is 384 g/mol. The topological polar surface area (TPSA) is 44.8 Å². The van der Waals surface area contributed by atoms with Crippen molar-refractivity contribution in [1.82, 2.24) is 0 Å². The number of benzene rings is 2. The van der Waals surface area contributed by atoms with Crippen molar-refractivity contribution >= 4 is 28.6 Å². The maximum absolute atomic E-state index is 12.0. The van der Waals surface area contributed by atoms with Gasteiger partial charge in [-0.05, 0) is 65.1 Å². The molecule has 2 aromatic carbocycles. The molecule has 0 radical (unpaired) electrons. The first-order chi connectivity index (χ1) is 9.63. The molecule has 0 spiro atoms. The van der Waals surface area contributed by atoms with Crippen molar-refractivity contribution in [3.8, 4) is 17.2 Å². The van der Waals surface area contributed by atoms with Crippen molar-refractivity contribution in [2.24, 2.45) is 0 Å². The van der Waals surface area contributed by atoms with Gasteiger partial charge in [-0.3, -0.25) is 0 Å². The van der Waals surface area contributed by atoms with Crippen LogP contribution in [-0.4, -0.2) is 20.2 Å². The quantitative estimate of drug-likeness (QED) is 0.460. The van der Waals surface area contributed by atoms with Gasteiger partial charge in [-0.15, -0.1) is 0 Å². The fourth-order valence-electron chi connectivity index (χ4n) is 1.60. The van der Waals surface area contributed by atoms with Crippen molar-refractivity contribution in [2.45, 2.75) is 0 Å². The number of esters is 1. The molecule has 0 N–H and O–H groups in total. The molecular formula is C15H13IO4. The lowest BCUT2D eigenvalue weighted by Gasteiger charge is -2.07. The average Bonchev–Trinajstić information content (AvgIpc) is 2.48. The highest BCUT2D eigenvalue weighted by atomic mass is 127. The lowest BCUT2D eigenvalue weighted by Crippen LogP contribution is -2.08. The first kappa shape index (κ1) is 14.6. The number of hydrogen-bond donors (Lipinski definition) is 0. The molecule has 0 saturated heterocycles. The van der Waals surface area contributed by atoms with Gasteiger partial charge >= 0.3 is 5.97 Å². The largest absolute Gasteiger partial charge is 0.497 e. The summed E-state index contributed by atoms with van der Waals surface area (Å²) in [6.45, 7) is 0. The highest BCUT2D eigenvalue weighted by Crippen LogP contribution is 2.23. The minimum absolute atomic E-state index is 0.407. The maximum Gasteiger partial charge on any atom is 0.343 e. The molecule has 0 heterocycles. The number of hydrogen-bond acceptors (Lipinski definition) is 4. The third-order valence-corrected chi connectivity index (χ3v) is 3.50. The highest BCUT2D eigenvalue weighted by Gasteiger charge is 2.11. The number of carbonyl (C=O) groups is 1. The molecule has 2 rings (SSSR count). The molecule has 0 atom stereocenters. The third kappa shape index (κ3) is 3.41. The SMILES string of the molecule is COc1ccc(OC(=O)c2ccc(OC)c(I)c2)cc1. The fraction of sp³-hybridized carbons (Fsp3) is 0.133. The summed E-state index contributed by atoms with van der Waals surface area (Å²) >= 11 is 2.11. The molecule has 0 bridgehead atoms. The first-order valence-electron chi connectivity index (χ1n) is 5.84. The van der Waals surface area contributed by atoms with Gasteiger partial charge in [0.15, 0.2) is 0 Å². The van der Waals surface area contributed by atoms with Crippen molar-refractivity contribution in [3.63, 3.8) is 0 Å². The summed E-state index contributed by atoms with van der Waals surface area (Å²) in [4.78, 5) is 12.0. The summed E-state index contributed by atoms with van der Waals surface area (Å²) in [6, 6.07) is 12.0. The molecule has 20 heavy (non-hydrogen) atoms. The second kappa shape index (κ2) is 6.60. The van der Waals surface area contributed by atoms with Crippen LogP contribution in [0.15, 0.2) is 42.5 Å². The van der Waals surface area contributed by atoms with Crippen LogP contribution in [0.3, 0.4) is 0 Å². The minimum Gasteiger partial charge on any atom is -0.497 e. The van der Waals surface area contributed by atoms with E-state index >= 15 is 0 Å². The molecule has 0 aliphatic heterocycles. The Morgan fingerprint density at radius 1 is 0.950 bits per heavy atom. The molecule has 0 aliphatic carbocycles. The van der Waals surface area contributed by atoms with E-state index < -0.39 is 5.97 Å². The van der Waals surface area contributed by atoms with Crippen LogP contribution in [0.5, 0.6) is 17.2 Å². The molecule has 0 aliphatic rings. The maximum atomic E-state index is 12.0. The first-order valence-corrected chi connectivity index (χ1v) is 6.91. The molecule has 2 aromatic rings. The van der Waals surface area contributed by atoms with Crippen LogP contribution in [0.4, 0.5) is 0 Å². The Morgan fingerprint density at radius 3 is 2.15 bits per heavy atom. The molecule has 0 unspecified atom stereocenters. The standard InChI is InChI=1S/C15H13IO4/c1-18-11-4-6-12(7-5-11)20-15(17)10-3-8-14(19-2)13(16)9-10/h3-9H,1-2H3. The van der Waals surface area contributed by atoms with Crippen LogP contribution in [0.2, 0.25) is 0 Å². The number of carbonyl (C=O) groups excluding carboxylic acids is 1. The fourth-order valence-corrected chi connectivity index (χ4v) is 2.34. The van der Waals surface area contributed by atoms with E-state index in [-0.39, 0.29) is 0 Å². The number of halogens is 1. The zero-order valence-electron chi connectivity index (χ0n) is 11.1. The van der Waals surface area contributed by atoms with Crippen LogP contribution < -0.4 is 14.2 Å². The van der Waals surface area contributed by atoms with E-state index in [4.69, 9.17) is 14.2 Å². The van der Waals surface area contributed by atoms with Crippen LogP contribution >= 0.6 is 22.6 Å². The predicted molar refractivity (Wildman–Crippen MR) is 83.7 cm³/mol. The Hall–Kier alpha value is -1.76. The smallest absolute Gasteiger partial charge is 0.343 e. The van der Waals surface area contributed by atoms with E-state index in [0.29, 0.717) is 17.1 Å². The normalized spacial score (nSPS) is 9.95. The zero-order valence-corrected chi connectivity index (χ0v) is 13.2. The molecule has 0 amide bonds. The van der Waals surface area contributed by atoms with Crippen molar-refractivity contribution < 1.29 is 19.0 Å². The van der Waals surface area contributed by atoms with E-state index in [9.17, 15) is 4.79 Å².